The van der Waals surface area contributed by atoms with E-state index < -0.39 is 9.84 Å². The van der Waals surface area contributed by atoms with Crippen LogP contribution in [-0.4, -0.2) is 59.1 Å². The molecule has 2 aromatic rings. The Hall–Kier alpha value is -1.87. The molecule has 0 saturated carbocycles. The highest BCUT2D eigenvalue weighted by Crippen LogP contribution is 2.21. The summed E-state index contributed by atoms with van der Waals surface area (Å²) in [5, 5.41) is 1.12. The Labute approximate surface area is 181 Å². The number of sulfone groups is 1. The summed E-state index contributed by atoms with van der Waals surface area (Å²) in [5.41, 5.74) is 0.541. The molecule has 3 rings (SSSR count). The van der Waals surface area contributed by atoms with Gasteiger partial charge in [0, 0.05) is 19.6 Å². The molecule has 0 radical (unpaired) electrons. The number of nitrogens with zero attached hydrogens (tertiary/aromatic N) is 3. The minimum absolute atomic E-state index is 0.0241. The summed E-state index contributed by atoms with van der Waals surface area (Å²) < 4.78 is 25.1. The summed E-state index contributed by atoms with van der Waals surface area (Å²) in [6.07, 6.45) is 4.63. The van der Waals surface area contributed by atoms with Crippen molar-refractivity contribution in [1.29, 1.82) is 0 Å². The number of amides is 1. The van der Waals surface area contributed by atoms with E-state index in [1.807, 2.05) is 12.1 Å². The van der Waals surface area contributed by atoms with Crippen LogP contribution in [0.3, 0.4) is 0 Å². The van der Waals surface area contributed by atoms with Crippen LogP contribution in [0.2, 0.25) is 0 Å². The van der Waals surface area contributed by atoms with Crippen LogP contribution in [0.5, 0.6) is 0 Å². The molecular formula is C21H29N3O4S2. The number of benzene rings is 1. The minimum atomic E-state index is -3.05. The molecule has 1 atom stereocenters. The molecule has 1 amide bonds. The van der Waals surface area contributed by atoms with E-state index in [-0.39, 0.29) is 34.8 Å². The molecule has 1 aliphatic heterocycles. The van der Waals surface area contributed by atoms with Gasteiger partial charge in [-0.3, -0.25) is 14.2 Å². The third kappa shape index (κ3) is 5.43. The normalized spacial score (nSPS) is 18.0. The number of carbonyl (C=O) groups is 1. The third-order valence-corrected chi connectivity index (χ3v) is 8.25. The van der Waals surface area contributed by atoms with Gasteiger partial charge in [0.1, 0.15) is 0 Å². The summed E-state index contributed by atoms with van der Waals surface area (Å²) in [5.74, 6) is 0.122. The Bertz CT molecular complexity index is 1070. The molecule has 0 N–H and O–H groups in total. The van der Waals surface area contributed by atoms with E-state index in [1.165, 1.54) is 16.7 Å². The van der Waals surface area contributed by atoms with Crippen molar-refractivity contribution in [2.45, 2.75) is 56.8 Å². The van der Waals surface area contributed by atoms with E-state index >= 15 is 0 Å². The average Bonchev–Trinajstić information content (AvgIpc) is 3.10. The number of carbonyl (C=O) groups excluding carboxylic acids is 1. The zero-order chi connectivity index (χ0) is 21.7. The van der Waals surface area contributed by atoms with E-state index in [1.54, 1.807) is 23.7 Å². The van der Waals surface area contributed by atoms with Gasteiger partial charge in [0.25, 0.3) is 5.56 Å². The lowest BCUT2D eigenvalue weighted by atomic mass is 10.2. The van der Waals surface area contributed by atoms with Crippen LogP contribution in [0.4, 0.5) is 0 Å². The second kappa shape index (κ2) is 9.96. The van der Waals surface area contributed by atoms with Crippen molar-refractivity contribution in [1.82, 2.24) is 14.5 Å². The lowest BCUT2D eigenvalue weighted by Gasteiger charge is -2.23. The van der Waals surface area contributed by atoms with Gasteiger partial charge in [0.05, 0.1) is 28.2 Å². The highest BCUT2D eigenvalue weighted by Gasteiger charge is 2.32. The number of unbranched alkanes of at least 4 members (excludes halogenated alkanes) is 3. The number of rotatable bonds is 9. The summed E-state index contributed by atoms with van der Waals surface area (Å²) in [6.45, 7) is 2.71. The molecule has 1 unspecified atom stereocenters. The summed E-state index contributed by atoms with van der Waals surface area (Å²) in [7, 11) is -1.40. The number of hydrogen-bond donors (Lipinski definition) is 0. The maximum absolute atomic E-state index is 13.0. The first kappa shape index (κ1) is 22.8. The second-order valence-corrected chi connectivity index (χ2v) is 11.0. The summed E-state index contributed by atoms with van der Waals surface area (Å²) >= 11 is 1.25. The van der Waals surface area contributed by atoms with E-state index in [0.29, 0.717) is 29.0 Å². The van der Waals surface area contributed by atoms with Gasteiger partial charge in [-0.15, -0.1) is 0 Å². The highest BCUT2D eigenvalue weighted by molar-refractivity contribution is 7.99. The molecule has 0 spiro atoms. The van der Waals surface area contributed by atoms with Gasteiger partial charge in [-0.2, -0.15) is 0 Å². The Morgan fingerprint density at radius 2 is 2.03 bits per heavy atom. The fourth-order valence-corrected chi connectivity index (χ4v) is 6.39. The van der Waals surface area contributed by atoms with Gasteiger partial charge in [0.15, 0.2) is 15.0 Å². The van der Waals surface area contributed by atoms with Crippen molar-refractivity contribution in [3.63, 3.8) is 0 Å². The topological polar surface area (TPSA) is 89.3 Å². The fourth-order valence-electron chi connectivity index (χ4n) is 3.66. The van der Waals surface area contributed by atoms with Crippen LogP contribution in [0, 0.1) is 0 Å². The van der Waals surface area contributed by atoms with Crippen molar-refractivity contribution >= 4 is 38.4 Å². The smallest absolute Gasteiger partial charge is 0.262 e. The molecule has 2 heterocycles. The molecular weight excluding hydrogens is 422 g/mol. The molecule has 0 bridgehead atoms. The Morgan fingerprint density at radius 3 is 2.73 bits per heavy atom. The van der Waals surface area contributed by atoms with Crippen LogP contribution in [0.15, 0.2) is 34.2 Å². The molecule has 9 heteroatoms. The molecule has 0 aliphatic carbocycles. The third-order valence-electron chi connectivity index (χ3n) is 5.54. The fraction of sp³-hybridized carbons (Fsp3) is 0.571. The first-order valence-corrected chi connectivity index (χ1v) is 13.2. The van der Waals surface area contributed by atoms with Crippen LogP contribution in [0.1, 0.15) is 39.0 Å². The average molecular weight is 452 g/mol. The van der Waals surface area contributed by atoms with Crippen molar-refractivity contribution < 1.29 is 13.2 Å². The maximum Gasteiger partial charge on any atom is 0.262 e. The highest BCUT2D eigenvalue weighted by atomic mass is 32.2. The minimum Gasteiger partial charge on any atom is -0.341 e. The van der Waals surface area contributed by atoms with Crippen LogP contribution in [-0.2, 0) is 21.2 Å². The molecule has 1 aromatic carbocycles. The first-order valence-electron chi connectivity index (χ1n) is 10.4. The quantitative estimate of drug-likeness (QED) is 0.331. The summed E-state index contributed by atoms with van der Waals surface area (Å²) in [6, 6.07) is 6.98. The van der Waals surface area contributed by atoms with Crippen LogP contribution < -0.4 is 5.56 Å². The van der Waals surface area contributed by atoms with Crippen molar-refractivity contribution in [2.24, 2.45) is 0 Å². The lowest BCUT2D eigenvalue weighted by molar-refractivity contribution is -0.128. The Balaban J connectivity index is 1.76. The largest absolute Gasteiger partial charge is 0.341 e. The van der Waals surface area contributed by atoms with Gasteiger partial charge >= 0.3 is 0 Å². The molecule has 7 nitrogen and oxygen atoms in total. The molecule has 30 heavy (non-hydrogen) atoms. The number of para-hydroxylation sites is 1. The zero-order valence-corrected chi connectivity index (χ0v) is 19.2. The van der Waals surface area contributed by atoms with Crippen molar-refractivity contribution in [3.8, 4) is 0 Å². The molecule has 164 valence electrons. The lowest BCUT2D eigenvalue weighted by Crippen LogP contribution is -2.39. The number of hydrogen-bond acceptors (Lipinski definition) is 6. The molecule has 1 aromatic heterocycles. The van der Waals surface area contributed by atoms with Gasteiger partial charge < -0.3 is 4.90 Å². The van der Waals surface area contributed by atoms with Gasteiger partial charge in [-0.05, 0) is 25.0 Å². The monoisotopic (exact) mass is 451 g/mol. The van der Waals surface area contributed by atoms with Gasteiger partial charge in [-0.1, -0.05) is 50.1 Å². The van der Waals surface area contributed by atoms with E-state index in [0.717, 1.165) is 25.7 Å². The molecule has 1 fully saturated rings. The first-order chi connectivity index (χ1) is 14.3. The number of thioether (sulfide) groups is 1. The summed E-state index contributed by atoms with van der Waals surface area (Å²) in [4.78, 5) is 31.9. The van der Waals surface area contributed by atoms with Crippen molar-refractivity contribution in [2.75, 3.05) is 24.3 Å². The molecule has 1 saturated heterocycles. The van der Waals surface area contributed by atoms with E-state index in [4.69, 9.17) is 0 Å². The van der Waals surface area contributed by atoms with E-state index in [2.05, 4.69) is 11.9 Å². The second-order valence-electron chi connectivity index (χ2n) is 7.78. The predicted molar refractivity (Wildman–Crippen MR) is 121 cm³/mol. The van der Waals surface area contributed by atoms with Crippen LogP contribution in [0.25, 0.3) is 10.9 Å². The van der Waals surface area contributed by atoms with Crippen molar-refractivity contribution in [3.05, 3.63) is 34.6 Å². The number of fused-ring (bicyclic) bond motifs is 1. The Kier molecular flexibility index (Phi) is 7.57. The number of aromatic nitrogens is 2. The zero-order valence-electron chi connectivity index (χ0n) is 17.5. The van der Waals surface area contributed by atoms with Gasteiger partial charge in [0.2, 0.25) is 5.91 Å². The predicted octanol–water partition coefficient (Wildman–Crippen LogP) is 2.71. The molecule has 1 aliphatic rings. The van der Waals surface area contributed by atoms with E-state index in [9.17, 15) is 18.0 Å². The Morgan fingerprint density at radius 1 is 1.27 bits per heavy atom. The maximum atomic E-state index is 13.0. The standard InChI is InChI=1S/C21H29N3O4S2/c1-3-4-5-8-12-24-20(26)17-9-6-7-10-18(17)22-21(24)29-14-19(25)23(2)16-11-13-30(27,28)15-16/h6-7,9-10,16H,3-5,8,11-15H2,1-2H3. The van der Waals surface area contributed by atoms with Gasteiger partial charge in [-0.25, -0.2) is 13.4 Å². The van der Waals surface area contributed by atoms with Crippen LogP contribution >= 0.6 is 11.8 Å². The SMILES string of the molecule is CCCCCCn1c(SCC(=O)N(C)C2CCS(=O)(=O)C2)nc2ccccc2c1=O.